The van der Waals surface area contributed by atoms with Gasteiger partial charge in [0.1, 0.15) is 0 Å². The van der Waals surface area contributed by atoms with Gasteiger partial charge in [-0.2, -0.15) is 0 Å². The van der Waals surface area contributed by atoms with E-state index in [1.54, 1.807) is 11.1 Å². The van der Waals surface area contributed by atoms with Crippen LogP contribution in [0.1, 0.15) is 37.8 Å². The summed E-state index contributed by atoms with van der Waals surface area (Å²) in [6.45, 7) is 5.17. The number of hydrogen-bond donors (Lipinski definition) is 1. The van der Waals surface area contributed by atoms with Crippen LogP contribution in [0.15, 0.2) is 24.3 Å². The molecule has 0 aliphatic heterocycles. The molecule has 0 spiro atoms. The lowest BCUT2D eigenvalue weighted by atomic mass is 9.93. The lowest BCUT2D eigenvalue weighted by molar-refractivity contribution is 0.354. The summed E-state index contributed by atoms with van der Waals surface area (Å²) in [4.78, 5) is 0. The summed E-state index contributed by atoms with van der Waals surface area (Å²) in [5.41, 5.74) is 3.10. The Bertz CT molecular complexity index is 413. The summed E-state index contributed by atoms with van der Waals surface area (Å²) >= 11 is 0. The highest BCUT2D eigenvalue weighted by atomic mass is 14.9. The van der Waals surface area contributed by atoms with Crippen LogP contribution in [0.3, 0.4) is 0 Å². The average Bonchev–Trinajstić information content (AvgIpc) is 2.81. The maximum Gasteiger partial charge on any atom is 0.0111 e. The lowest BCUT2D eigenvalue weighted by Crippen LogP contribution is -2.36. The zero-order valence-electron chi connectivity index (χ0n) is 11.5. The zero-order valence-corrected chi connectivity index (χ0v) is 11.5. The van der Waals surface area contributed by atoms with Gasteiger partial charge in [-0.3, -0.25) is 0 Å². The number of hydrogen-bond acceptors (Lipinski definition) is 1. The largest absolute Gasteiger partial charge is 0.314 e. The maximum atomic E-state index is 3.65. The standard InChI is InChI=1S/C17H23N/c1-3-5-6-11-17(18-4-2)16-12-14-9-7-8-10-15(14)13-16/h7-10,16-18H,4,6,11-13H2,1-2H3. The third-order valence-electron chi connectivity index (χ3n) is 3.88. The van der Waals surface area contributed by atoms with Gasteiger partial charge < -0.3 is 5.32 Å². The van der Waals surface area contributed by atoms with Crippen molar-refractivity contribution >= 4 is 0 Å². The molecule has 1 N–H and O–H groups in total. The summed E-state index contributed by atoms with van der Waals surface area (Å²) in [6.07, 6.45) is 4.65. The Hall–Kier alpha value is -1.26. The molecule has 0 aromatic heterocycles. The number of nitrogens with one attached hydrogen (secondary N) is 1. The monoisotopic (exact) mass is 241 g/mol. The van der Waals surface area contributed by atoms with Gasteiger partial charge in [0.15, 0.2) is 0 Å². The number of benzene rings is 1. The van der Waals surface area contributed by atoms with Crippen LogP contribution in [-0.4, -0.2) is 12.6 Å². The van der Waals surface area contributed by atoms with Crippen LogP contribution in [-0.2, 0) is 12.8 Å². The second kappa shape index (κ2) is 6.61. The molecule has 1 nitrogen and oxygen atoms in total. The quantitative estimate of drug-likeness (QED) is 0.781. The van der Waals surface area contributed by atoms with Crippen molar-refractivity contribution in [2.24, 2.45) is 5.92 Å². The molecular weight excluding hydrogens is 218 g/mol. The highest BCUT2D eigenvalue weighted by Crippen LogP contribution is 2.30. The SMILES string of the molecule is CC#CCCC(NCC)C1Cc2ccccc2C1. The van der Waals surface area contributed by atoms with Crippen LogP contribution in [0.5, 0.6) is 0 Å². The fraction of sp³-hybridized carbons (Fsp3) is 0.529. The first-order valence-electron chi connectivity index (χ1n) is 7.05. The Labute approximate surface area is 111 Å². The first-order chi connectivity index (χ1) is 8.85. The third kappa shape index (κ3) is 3.15. The van der Waals surface area contributed by atoms with E-state index in [9.17, 15) is 0 Å². The third-order valence-corrected chi connectivity index (χ3v) is 3.88. The zero-order chi connectivity index (χ0) is 12.8. The molecule has 0 saturated heterocycles. The molecule has 1 aromatic carbocycles. The summed E-state index contributed by atoms with van der Waals surface area (Å²) in [6, 6.07) is 9.50. The normalized spacial score (nSPS) is 15.9. The van der Waals surface area contributed by atoms with Gasteiger partial charge in [-0.1, -0.05) is 31.2 Å². The minimum absolute atomic E-state index is 0.614. The molecule has 1 atom stereocenters. The molecule has 1 unspecified atom stereocenters. The Morgan fingerprint density at radius 2 is 1.94 bits per heavy atom. The van der Waals surface area contributed by atoms with Gasteiger partial charge in [-0.15, -0.1) is 11.8 Å². The van der Waals surface area contributed by atoms with Crippen molar-refractivity contribution in [2.75, 3.05) is 6.54 Å². The van der Waals surface area contributed by atoms with Crippen LogP contribution in [0, 0.1) is 17.8 Å². The topological polar surface area (TPSA) is 12.0 Å². The fourth-order valence-electron chi connectivity index (χ4n) is 3.00. The van der Waals surface area contributed by atoms with E-state index in [2.05, 4.69) is 48.3 Å². The molecule has 1 aromatic rings. The first kappa shape index (κ1) is 13.2. The molecular formula is C17H23N. The molecule has 0 bridgehead atoms. The van der Waals surface area contributed by atoms with Crippen molar-refractivity contribution in [3.63, 3.8) is 0 Å². The second-order valence-corrected chi connectivity index (χ2v) is 5.07. The van der Waals surface area contributed by atoms with E-state index in [1.165, 1.54) is 19.3 Å². The van der Waals surface area contributed by atoms with Gasteiger partial charge in [-0.05, 0) is 49.8 Å². The van der Waals surface area contributed by atoms with E-state index in [-0.39, 0.29) is 0 Å². The predicted octanol–water partition coefficient (Wildman–Crippen LogP) is 3.18. The smallest absolute Gasteiger partial charge is 0.0111 e. The van der Waals surface area contributed by atoms with Crippen LogP contribution in [0.4, 0.5) is 0 Å². The van der Waals surface area contributed by atoms with Gasteiger partial charge in [0.05, 0.1) is 0 Å². The average molecular weight is 241 g/mol. The second-order valence-electron chi connectivity index (χ2n) is 5.07. The van der Waals surface area contributed by atoms with Crippen molar-refractivity contribution in [3.8, 4) is 11.8 Å². The maximum absolute atomic E-state index is 3.65. The number of fused-ring (bicyclic) bond motifs is 1. The summed E-state index contributed by atoms with van der Waals surface area (Å²) < 4.78 is 0. The predicted molar refractivity (Wildman–Crippen MR) is 77.5 cm³/mol. The highest BCUT2D eigenvalue weighted by Gasteiger charge is 2.27. The summed E-state index contributed by atoms with van der Waals surface area (Å²) in [5, 5.41) is 3.65. The fourth-order valence-corrected chi connectivity index (χ4v) is 3.00. The van der Waals surface area contributed by atoms with Crippen molar-refractivity contribution in [1.82, 2.24) is 5.32 Å². The first-order valence-corrected chi connectivity index (χ1v) is 7.05. The van der Waals surface area contributed by atoms with E-state index >= 15 is 0 Å². The Morgan fingerprint density at radius 1 is 1.28 bits per heavy atom. The van der Waals surface area contributed by atoms with Crippen molar-refractivity contribution in [3.05, 3.63) is 35.4 Å². The molecule has 2 rings (SSSR count). The molecule has 1 heteroatoms. The van der Waals surface area contributed by atoms with Gasteiger partial charge in [0, 0.05) is 12.5 Å². The lowest BCUT2D eigenvalue weighted by Gasteiger charge is -2.23. The molecule has 0 heterocycles. The molecule has 0 amide bonds. The molecule has 1 aliphatic carbocycles. The Morgan fingerprint density at radius 3 is 2.50 bits per heavy atom. The molecule has 96 valence electrons. The van der Waals surface area contributed by atoms with Gasteiger partial charge in [-0.25, -0.2) is 0 Å². The van der Waals surface area contributed by atoms with E-state index in [0.29, 0.717) is 6.04 Å². The Kier molecular flexibility index (Phi) is 4.84. The molecule has 0 radical (unpaired) electrons. The van der Waals surface area contributed by atoms with Crippen molar-refractivity contribution < 1.29 is 0 Å². The minimum atomic E-state index is 0.614. The van der Waals surface area contributed by atoms with E-state index < -0.39 is 0 Å². The highest BCUT2D eigenvalue weighted by molar-refractivity contribution is 5.32. The molecule has 0 saturated carbocycles. The van der Waals surface area contributed by atoms with Gasteiger partial charge in [0.2, 0.25) is 0 Å². The van der Waals surface area contributed by atoms with Gasteiger partial charge >= 0.3 is 0 Å². The summed E-state index contributed by atoms with van der Waals surface area (Å²) in [7, 11) is 0. The molecule has 1 aliphatic rings. The summed E-state index contributed by atoms with van der Waals surface area (Å²) in [5.74, 6) is 6.94. The van der Waals surface area contributed by atoms with Crippen LogP contribution >= 0.6 is 0 Å². The van der Waals surface area contributed by atoms with Crippen molar-refractivity contribution in [2.45, 2.75) is 45.6 Å². The van der Waals surface area contributed by atoms with E-state index in [1.807, 2.05) is 6.92 Å². The van der Waals surface area contributed by atoms with Crippen LogP contribution in [0.25, 0.3) is 0 Å². The minimum Gasteiger partial charge on any atom is -0.314 e. The van der Waals surface area contributed by atoms with E-state index in [0.717, 1.165) is 18.9 Å². The molecule has 0 fully saturated rings. The molecule has 18 heavy (non-hydrogen) atoms. The number of rotatable bonds is 5. The Balaban J connectivity index is 1.98. The van der Waals surface area contributed by atoms with Gasteiger partial charge in [0.25, 0.3) is 0 Å². The van der Waals surface area contributed by atoms with Crippen molar-refractivity contribution in [1.29, 1.82) is 0 Å². The van der Waals surface area contributed by atoms with Crippen LogP contribution in [0.2, 0.25) is 0 Å². The van der Waals surface area contributed by atoms with E-state index in [4.69, 9.17) is 0 Å². The van der Waals surface area contributed by atoms with Crippen LogP contribution < -0.4 is 5.32 Å².